The van der Waals surface area contributed by atoms with E-state index in [-0.39, 0.29) is 0 Å². The molecule has 54 valence electrons. The van der Waals surface area contributed by atoms with E-state index in [4.69, 9.17) is 4.74 Å². The van der Waals surface area contributed by atoms with Crippen molar-refractivity contribution in [3.63, 3.8) is 0 Å². The number of hydrogen-bond acceptors (Lipinski definition) is 3. The van der Waals surface area contributed by atoms with Crippen molar-refractivity contribution in [2.24, 2.45) is 0 Å². The minimum atomic E-state index is 0.608. The second-order valence-corrected chi connectivity index (χ2v) is 4.16. The summed E-state index contributed by atoms with van der Waals surface area (Å²) in [4.78, 5) is 0. The van der Waals surface area contributed by atoms with Gasteiger partial charge in [-0.15, -0.1) is 0 Å². The van der Waals surface area contributed by atoms with E-state index in [2.05, 4.69) is 6.26 Å². The molecule has 0 aromatic rings. The van der Waals surface area contributed by atoms with Crippen molar-refractivity contribution in [3.05, 3.63) is 0 Å². The normalized spacial score (nSPS) is 24.3. The lowest BCUT2D eigenvalue weighted by Gasteiger charge is -1.94. The first-order valence-electron chi connectivity index (χ1n) is 3.12. The Morgan fingerprint density at radius 2 is 2.33 bits per heavy atom. The van der Waals surface area contributed by atoms with Crippen molar-refractivity contribution in [2.75, 3.05) is 30.1 Å². The Balaban J connectivity index is 1.71. The first-order valence-corrected chi connectivity index (χ1v) is 5.66. The Labute approximate surface area is 64.9 Å². The molecule has 0 spiro atoms. The molecule has 1 aliphatic heterocycles. The predicted octanol–water partition coefficient (Wildman–Crippen LogP) is 1.48. The van der Waals surface area contributed by atoms with E-state index < -0.39 is 0 Å². The monoisotopic (exact) mass is 164 g/mol. The van der Waals surface area contributed by atoms with Crippen molar-refractivity contribution in [1.29, 1.82) is 0 Å². The smallest absolute Gasteiger partial charge is 0.0900 e. The van der Waals surface area contributed by atoms with Gasteiger partial charge in [-0.2, -0.15) is 23.5 Å². The lowest BCUT2D eigenvalue weighted by atomic mass is 10.6. The van der Waals surface area contributed by atoms with Crippen molar-refractivity contribution >= 4 is 23.5 Å². The average molecular weight is 164 g/mol. The zero-order valence-electron chi connectivity index (χ0n) is 5.63. The van der Waals surface area contributed by atoms with Gasteiger partial charge in [0.05, 0.1) is 12.7 Å². The summed E-state index contributed by atoms with van der Waals surface area (Å²) in [6.07, 6.45) is 2.76. The van der Waals surface area contributed by atoms with Crippen molar-refractivity contribution in [1.82, 2.24) is 0 Å². The van der Waals surface area contributed by atoms with Gasteiger partial charge in [0.25, 0.3) is 0 Å². The fourth-order valence-electron chi connectivity index (χ4n) is 0.521. The molecule has 0 amide bonds. The van der Waals surface area contributed by atoms with E-state index in [1.165, 1.54) is 17.3 Å². The van der Waals surface area contributed by atoms with Crippen LogP contribution in [0.25, 0.3) is 0 Å². The minimum Gasteiger partial charge on any atom is -0.372 e. The molecule has 0 saturated carbocycles. The highest BCUT2D eigenvalue weighted by Crippen LogP contribution is 2.16. The summed E-state index contributed by atoms with van der Waals surface area (Å²) in [6, 6.07) is 0. The number of ether oxygens (including phenoxy) is 1. The number of hydrogen-bond donors (Lipinski definition) is 0. The summed E-state index contributed by atoms with van der Waals surface area (Å²) in [7, 11) is 0. The van der Waals surface area contributed by atoms with Gasteiger partial charge in [0.15, 0.2) is 0 Å². The molecule has 1 rings (SSSR count). The lowest BCUT2D eigenvalue weighted by Crippen LogP contribution is -1.91. The Morgan fingerprint density at radius 1 is 1.56 bits per heavy atom. The highest BCUT2D eigenvalue weighted by atomic mass is 32.2. The zero-order chi connectivity index (χ0) is 6.53. The van der Waals surface area contributed by atoms with E-state index in [1.54, 1.807) is 0 Å². The largest absolute Gasteiger partial charge is 0.372 e. The van der Waals surface area contributed by atoms with Gasteiger partial charge in [0.1, 0.15) is 0 Å². The Hall–Kier alpha value is 0.660. The highest BCUT2D eigenvalue weighted by molar-refractivity contribution is 8.02. The Bertz CT molecular complexity index is 73.5. The molecule has 0 aromatic heterocycles. The summed E-state index contributed by atoms with van der Waals surface area (Å²) < 4.78 is 5.06. The first kappa shape index (κ1) is 7.76. The molecule has 1 saturated heterocycles. The van der Waals surface area contributed by atoms with Gasteiger partial charge in [-0.3, -0.25) is 0 Å². The number of epoxide rings is 1. The Kier molecular flexibility index (Phi) is 3.86. The third-order valence-electron chi connectivity index (χ3n) is 1.14. The second-order valence-electron chi connectivity index (χ2n) is 2.02. The van der Waals surface area contributed by atoms with E-state index in [0.717, 1.165) is 6.61 Å². The van der Waals surface area contributed by atoms with Gasteiger partial charge >= 0.3 is 0 Å². The standard InChI is InChI=1S/C6H12OS2/c1-8-2-3-9-5-6-4-7-6/h6H,2-5H2,1H3/t6-/m0/s1. The van der Waals surface area contributed by atoms with Gasteiger partial charge in [-0.1, -0.05) is 0 Å². The number of rotatable bonds is 5. The van der Waals surface area contributed by atoms with Crippen LogP contribution in [-0.4, -0.2) is 36.2 Å². The molecule has 0 aliphatic carbocycles. The molecule has 1 atom stereocenters. The highest BCUT2D eigenvalue weighted by Gasteiger charge is 2.21. The fraction of sp³-hybridized carbons (Fsp3) is 1.00. The summed E-state index contributed by atoms with van der Waals surface area (Å²) in [5, 5.41) is 0. The van der Waals surface area contributed by atoms with Crippen LogP contribution in [0.3, 0.4) is 0 Å². The van der Waals surface area contributed by atoms with Crippen LogP contribution < -0.4 is 0 Å². The van der Waals surface area contributed by atoms with Crippen LogP contribution >= 0.6 is 23.5 Å². The van der Waals surface area contributed by atoms with Crippen LogP contribution in [0, 0.1) is 0 Å². The molecule has 1 aliphatic rings. The van der Waals surface area contributed by atoms with Gasteiger partial charge in [0, 0.05) is 17.3 Å². The quantitative estimate of drug-likeness (QED) is 0.451. The van der Waals surface area contributed by atoms with Crippen molar-refractivity contribution in [3.8, 4) is 0 Å². The molecule has 1 heterocycles. The van der Waals surface area contributed by atoms with Crippen LogP contribution in [0.1, 0.15) is 0 Å². The summed E-state index contributed by atoms with van der Waals surface area (Å²) in [5.41, 5.74) is 0. The molecule has 3 heteroatoms. The fourth-order valence-corrected chi connectivity index (χ4v) is 2.28. The SMILES string of the molecule is CSCCSC[C@@H]1CO1. The third-order valence-corrected chi connectivity index (χ3v) is 3.11. The van der Waals surface area contributed by atoms with Gasteiger partial charge < -0.3 is 4.74 Å². The van der Waals surface area contributed by atoms with Gasteiger partial charge in [-0.25, -0.2) is 0 Å². The first-order chi connectivity index (χ1) is 4.43. The summed E-state index contributed by atoms with van der Waals surface area (Å²) in [5.74, 6) is 3.76. The molecule has 0 bridgehead atoms. The molecule has 0 aromatic carbocycles. The lowest BCUT2D eigenvalue weighted by molar-refractivity contribution is 0.426. The Morgan fingerprint density at radius 3 is 2.89 bits per heavy atom. The second kappa shape index (κ2) is 4.47. The third kappa shape index (κ3) is 4.12. The number of thioether (sulfide) groups is 2. The van der Waals surface area contributed by atoms with Gasteiger partial charge in [-0.05, 0) is 6.26 Å². The maximum absolute atomic E-state index is 5.06. The predicted molar refractivity (Wildman–Crippen MR) is 45.4 cm³/mol. The van der Waals surface area contributed by atoms with Gasteiger partial charge in [0.2, 0.25) is 0 Å². The summed E-state index contributed by atoms with van der Waals surface area (Å²) >= 11 is 3.91. The molecule has 0 N–H and O–H groups in total. The molecule has 9 heavy (non-hydrogen) atoms. The van der Waals surface area contributed by atoms with E-state index in [1.807, 2.05) is 23.5 Å². The van der Waals surface area contributed by atoms with Crippen LogP contribution in [0.4, 0.5) is 0 Å². The van der Waals surface area contributed by atoms with Crippen molar-refractivity contribution in [2.45, 2.75) is 6.10 Å². The van der Waals surface area contributed by atoms with E-state index in [0.29, 0.717) is 6.10 Å². The summed E-state index contributed by atoms with van der Waals surface area (Å²) in [6.45, 7) is 1.01. The topological polar surface area (TPSA) is 12.5 Å². The zero-order valence-corrected chi connectivity index (χ0v) is 7.26. The van der Waals surface area contributed by atoms with E-state index >= 15 is 0 Å². The molecule has 1 fully saturated rings. The average Bonchev–Trinajstić information content (AvgIpc) is 2.63. The maximum atomic E-state index is 5.06. The van der Waals surface area contributed by atoms with E-state index in [9.17, 15) is 0 Å². The van der Waals surface area contributed by atoms with Crippen LogP contribution in [0.5, 0.6) is 0 Å². The molecule has 0 radical (unpaired) electrons. The molecular weight excluding hydrogens is 152 g/mol. The molecule has 0 unspecified atom stereocenters. The van der Waals surface area contributed by atoms with Crippen LogP contribution in [-0.2, 0) is 4.74 Å². The minimum absolute atomic E-state index is 0.608. The van der Waals surface area contributed by atoms with Crippen molar-refractivity contribution < 1.29 is 4.74 Å². The van der Waals surface area contributed by atoms with Crippen LogP contribution in [0.2, 0.25) is 0 Å². The van der Waals surface area contributed by atoms with Crippen LogP contribution in [0.15, 0.2) is 0 Å². The molecular formula is C6H12OS2. The maximum Gasteiger partial charge on any atom is 0.0900 e. The molecule has 1 nitrogen and oxygen atoms in total.